The molecule has 0 aliphatic carbocycles. The fourth-order valence-corrected chi connectivity index (χ4v) is 8.75. The average molecular weight is 769 g/mol. The van der Waals surface area contributed by atoms with Crippen LogP contribution in [-0.4, -0.2) is 93.1 Å². The Morgan fingerprint density at radius 1 is 0.727 bits per heavy atom. The first-order chi connectivity index (χ1) is 26.5. The number of ether oxygens (including phenoxy) is 2. The van der Waals surface area contributed by atoms with Crippen molar-refractivity contribution in [3.8, 4) is 21.6 Å². The SMILES string of the molecule is COC(=O)N[C@H](C(=O)N1CCC[C@H]1c1nc2ccc(-c3ccsc3-c3ccc4nc([C@@H]5CCCN5C(=O)[C@@H](NC(=O)OC)C(C)C)[nH]c4c3)cc2[nH]1)C(C)C. The van der Waals surface area contributed by atoms with Crippen LogP contribution in [0.1, 0.15) is 77.1 Å². The van der Waals surface area contributed by atoms with E-state index in [0.717, 1.165) is 81.0 Å². The Morgan fingerprint density at radius 3 is 1.67 bits per heavy atom. The number of amides is 4. The van der Waals surface area contributed by atoms with Crippen LogP contribution in [0.3, 0.4) is 0 Å². The van der Waals surface area contributed by atoms with Gasteiger partial charge in [0.2, 0.25) is 11.8 Å². The van der Waals surface area contributed by atoms with E-state index in [0.29, 0.717) is 13.1 Å². The molecule has 7 rings (SSSR count). The molecule has 5 heterocycles. The summed E-state index contributed by atoms with van der Waals surface area (Å²) >= 11 is 1.66. The van der Waals surface area contributed by atoms with Crippen LogP contribution in [0.2, 0.25) is 0 Å². The third-order valence-electron chi connectivity index (χ3n) is 10.7. The number of likely N-dealkylation sites (tertiary alicyclic amines) is 2. The zero-order valence-corrected chi connectivity index (χ0v) is 32.8. The van der Waals surface area contributed by atoms with E-state index in [9.17, 15) is 19.2 Å². The first-order valence-corrected chi connectivity index (χ1v) is 19.7. The smallest absolute Gasteiger partial charge is 0.407 e. The quantitative estimate of drug-likeness (QED) is 0.118. The molecule has 0 unspecified atom stereocenters. The molecule has 4 N–H and O–H groups in total. The van der Waals surface area contributed by atoms with E-state index in [-0.39, 0.29) is 35.7 Å². The molecule has 2 fully saturated rings. The van der Waals surface area contributed by atoms with E-state index in [1.54, 1.807) is 11.3 Å². The monoisotopic (exact) mass is 768 g/mol. The number of H-pyrrole nitrogens is 2. The zero-order valence-electron chi connectivity index (χ0n) is 32.0. The van der Waals surface area contributed by atoms with Gasteiger partial charge in [-0.15, -0.1) is 11.3 Å². The van der Waals surface area contributed by atoms with Gasteiger partial charge in [-0.05, 0) is 84.4 Å². The molecule has 2 aromatic carbocycles. The molecular weight excluding hydrogens is 721 g/mol. The average Bonchev–Trinajstić information content (AvgIpc) is 4.02. The number of carbonyl (C=O) groups is 4. The molecule has 5 aromatic rings. The molecule has 2 saturated heterocycles. The third kappa shape index (κ3) is 7.49. The van der Waals surface area contributed by atoms with Crippen molar-refractivity contribution in [1.29, 1.82) is 0 Å². The van der Waals surface area contributed by atoms with E-state index in [2.05, 4.69) is 56.3 Å². The zero-order chi connectivity index (χ0) is 39.0. The van der Waals surface area contributed by atoms with E-state index in [1.165, 1.54) is 14.2 Å². The Morgan fingerprint density at radius 2 is 1.20 bits per heavy atom. The number of aromatic amines is 2. The van der Waals surface area contributed by atoms with Crippen LogP contribution in [0, 0.1) is 11.8 Å². The minimum absolute atomic E-state index is 0.115. The van der Waals surface area contributed by atoms with Gasteiger partial charge in [0.05, 0.1) is 48.4 Å². The van der Waals surface area contributed by atoms with Gasteiger partial charge in [0, 0.05) is 23.5 Å². The van der Waals surface area contributed by atoms with Gasteiger partial charge >= 0.3 is 12.2 Å². The second-order valence-corrected chi connectivity index (χ2v) is 15.9. The Bertz CT molecular complexity index is 2070. The summed E-state index contributed by atoms with van der Waals surface area (Å²) in [6.07, 6.45) is 1.97. The Labute approximate surface area is 323 Å². The number of thiophene rings is 1. The van der Waals surface area contributed by atoms with Gasteiger partial charge in [-0.1, -0.05) is 39.8 Å². The summed E-state index contributed by atoms with van der Waals surface area (Å²) in [7, 11) is 2.58. The molecule has 14 nitrogen and oxygen atoms in total. The molecule has 55 heavy (non-hydrogen) atoms. The predicted molar refractivity (Wildman–Crippen MR) is 210 cm³/mol. The lowest BCUT2D eigenvalue weighted by Gasteiger charge is -2.29. The van der Waals surface area contributed by atoms with Crippen molar-refractivity contribution in [3.05, 3.63) is 59.5 Å². The normalized spacial score (nSPS) is 18.3. The minimum atomic E-state index is -0.700. The number of alkyl carbamates (subject to hydrolysis) is 2. The number of hydrogen-bond acceptors (Lipinski definition) is 9. The van der Waals surface area contributed by atoms with E-state index < -0.39 is 24.3 Å². The van der Waals surface area contributed by atoms with Gasteiger partial charge in [0.15, 0.2) is 0 Å². The molecule has 2 aliphatic heterocycles. The summed E-state index contributed by atoms with van der Waals surface area (Å²) in [4.78, 5) is 73.0. The fourth-order valence-electron chi connectivity index (χ4n) is 7.83. The molecule has 290 valence electrons. The highest BCUT2D eigenvalue weighted by molar-refractivity contribution is 7.14. The van der Waals surface area contributed by atoms with Gasteiger partial charge in [0.1, 0.15) is 23.7 Å². The first kappa shape index (κ1) is 37.9. The number of imidazole rings is 2. The summed E-state index contributed by atoms with van der Waals surface area (Å²) in [5, 5.41) is 7.50. The van der Waals surface area contributed by atoms with E-state index in [4.69, 9.17) is 19.4 Å². The molecule has 4 atom stereocenters. The van der Waals surface area contributed by atoms with Gasteiger partial charge < -0.3 is 39.9 Å². The number of nitrogens with zero attached hydrogens (tertiary/aromatic N) is 4. The second-order valence-electron chi connectivity index (χ2n) is 15.0. The summed E-state index contributed by atoms with van der Waals surface area (Å²) in [5.74, 6) is 0.942. The lowest BCUT2D eigenvalue weighted by Crippen LogP contribution is -2.51. The van der Waals surface area contributed by atoms with E-state index in [1.807, 2.05) is 49.6 Å². The first-order valence-electron chi connectivity index (χ1n) is 18.8. The van der Waals surface area contributed by atoms with Crippen molar-refractivity contribution in [2.24, 2.45) is 11.8 Å². The van der Waals surface area contributed by atoms with Crippen molar-refractivity contribution < 1.29 is 28.7 Å². The molecule has 0 bridgehead atoms. The number of fused-ring (bicyclic) bond motifs is 2. The molecule has 0 radical (unpaired) electrons. The van der Waals surface area contributed by atoms with Crippen LogP contribution < -0.4 is 10.6 Å². The lowest BCUT2D eigenvalue weighted by molar-refractivity contribution is -0.136. The second kappa shape index (κ2) is 15.7. The van der Waals surface area contributed by atoms with Crippen LogP contribution in [0.4, 0.5) is 9.59 Å². The number of nitrogens with one attached hydrogen (secondary N) is 4. The topological polar surface area (TPSA) is 175 Å². The standard InChI is InChI=1S/C40H48N8O6S/c1-21(2)32(45-39(51)53-5)37(49)47-16-7-9-30(47)35-41-26-13-11-23(19-28(26)43-35)25-15-18-55-34(25)24-12-14-27-29(20-24)44-36(42-27)31-10-8-17-48(31)38(50)33(22(3)4)46-40(52)54-6/h11-15,18-22,30-33H,7-10,16-17H2,1-6H3,(H,41,43)(H,42,44)(H,45,51)(H,46,52)/t30-,31-,32-,33-/m0/s1. The maximum atomic E-state index is 13.7. The van der Waals surface area contributed by atoms with Crippen molar-refractivity contribution in [2.75, 3.05) is 27.3 Å². The minimum Gasteiger partial charge on any atom is -0.453 e. The van der Waals surface area contributed by atoms with Crippen LogP contribution in [-0.2, 0) is 19.1 Å². The number of hydrogen-bond donors (Lipinski definition) is 4. The number of benzene rings is 2. The number of methoxy groups -OCH3 is 2. The Hall–Kier alpha value is -5.44. The molecule has 3 aromatic heterocycles. The molecule has 0 spiro atoms. The van der Waals surface area contributed by atoms with Crippen molar-refractivity contribution >= 4 is 57.4 Å². The van der Waals surface area contributed by atoms with Gasteiger partial charge in [-0.25, -0.2) is 19.6 Å². The summed E-state index contributed by atoms with van der Waals surface area (Å²) in [6, 6.07) is 12.6. The van der Waals surface area contributed by atoms with Gasteiger partial charge in [-0.2, -0.15) is 0 Å². The van der Waals surface area contributed by atoms with Gasteiger partial charge in [-0.3, -0.25) is 9.59 Å². The molecule has 15 heteroatoms. The van der Waals surface area contributed by atoms with Gasteiger partial charge in [0.25, 0.3) is 0 Å². The highest BCUT2D eigenvalue weighted by atomic mass is 32.1. The predicted octanol–water partition coefficient (Wildman–Crippen LogP) is 6.92. The number of carbonyl (C=O) groups excluding carboxylic acids is 4. The van der Waals surface area contributed by atoms with E-state index >= 15 is 0 Å². The maximum Gasteiger partial charge on any atom is 0.407 e. The van der Waals surface area contributed by atoms with Crippen LogP contribution >= 0.6 is 11.3 Å². The Kier molecular flexibility index (Phi) is 10.8. The lowest BCUT2D eigenvalue weighted by atomic mass is 10.0. The largest absolute Gasteiger partial charge is 0.453 e. The highest BCUT2D eigenvalue weighted by Gasteiger charge is 2.39. The summed E-state index contributed by atoms with van der Waals surface area (Å²) in [5.41, 5.74) is 6.54. The molecular formula is C40H48N8O6S. The summed E-state index contributed by atoms with van der Waals surface area (Å²) in [6.45, 7) is 8.79. The van der Waals surface area contributed by atoms with Crippen molar-refractivity contribution in [1.82, 2.24) is 40.4 Å². The highest BCUT2D eigenvalue weighted by Crippen LogP contribution is 2.40. The number of aromatic nitrogens is 4. The molecule has 4 amide bonds. The third-order valence-corrected chi connectivity index (χ3v) is 11.7. The van der Waals surface area contributed by atoms with Crippen LogP contribution in [0.15, 0.2) is 47.8 Å². The number of rotatable bonds is 10. The molecule has 0 saturated carbocycles. The molecule has 2 aliphatic rings. The summed E-state index contributed by atoms with van der Waals surface area (Å²) < 4.78 is 9.56. The van der Waals surface area contributed by atoms with Crippen molar-refractivity contribution in [3.63, 3.8) is 0 Å². The maximum absolute atomic E-state index is 13.7. The van der Waals surface area contributed by atoms with Crippen LogP contribution in [0.5, 0.6) is 0 Å². The van der Waals surface area contributed by atoms with Crippen molar-refractivity contribution in [2.45, 2.75) is 77.5 Å². The Balaban J connectivity index is 1.12. The fraction of sp³-hybridized carbons (Fsp3) is 0.450. The van der Waals surface area contributed by atoms with Crippen LogP contribution in [0.25, 0.3) is 43.6 Å².